The Bertz CT molecular complexity index is 838. The van der Waals surface area contributed by atoms with Crippen LogP contribution in [0.15, 0.2) is 40.9 Å². The molecule has 9 heteroatoms. The van der Waals surface area contributed by atoms with E-state index in [1.165, 1.54) is 25.3 Å². The van der Waals surface area contributed by atoms with Crippen molar-refractivity contribution < 1.29 is 27.5 Å². The lowest BCUT2D eigenvalue weighted by molar-refractivity contribution is -0.137. The van der Waals surface area contributed by atoms with E-state index in [1.807, 2.05) is 0 Å². The Labute approximate surface area is 149 Å². The fourth-order valence-corrected chi connectivity index (χ4v) is 2.50. The second kappa shape index (κ2) is 7.14. The van der Waals surface area contributed by atoms with Gasteiger partial charge in [-0.1, -0.05) is 0 Å². The number of nitrogens with two attached hydrogens (primary N) is 1. The average molecular weight is 417 g/mol. The molecule has 0 saturated heterocycles. The number of anilines is 1. The van der Waals surface area contributed by atoms with Crippen LogP contribution in [0.25, 0.3) is 0 Å². The van der Waals surface area contributed by atoms with Crippen molar-refractivity contribution in [3.63, 3.8) is 0 Å². The Kier molecular flexibility index (Phi) is 5.36. The number of nitrogens with one attached hydrogen (secondary N) is 1. The van der Waals surface area contributed by atoms with Crippen LogP contribution in [-0.2, 0) is 6.18 Å². The van der Waals surface area contributed by atoms with Crippen molar-refractivity contribution in [3.05, 3.63) is 57.6 Å². The zero-order valence-corrected chi connectivity index (χ0v) is 14.4. The average Bonchev–Trinajstić information content (AvgIpc) is 2.54. The van der Waals surface area contributed by atoms with Gasteiger partial charge in [0.25, 0.3) is 5.91 Å². The molecule has 0 fully saturated rings. The molecule has 2 aromatic carbocycles. The molecule has 25 heavy (non-hydrogen) atoms. The Balaban J connectivity index is 2.34. The molecule has 0 aliphatic heterocycles. The molecular weight excluding hydrogens is 405 g/mol. The number of carbonyl (C=O) groups excluding carboxylic acids is 2. The molecule has 0 bridgehead atoms. The van der Waals surface area contributed by atoms with E-state index in [0.717, 1.165) is 18.2 Å². The van der Waals surface area contributed by atoms with Gasteiger partial charge in [-0.3, -0.25) is 9.59 Å². The molecule has 2 rings (SSSR count). The van der Waals surface area contributed by atoms with Gasteiger partial charge in [0.1, 0.15) is 5.75 Å². The summed E-state index contributed by atoms with van der Waals surface area (Å²) in [6, 6.07) is 6.86. The number of halogens is 4. The number of hydrogen-bond donors (Lipinski definition) is 2. The molecule has 0 aromatic heterocycles. The number of hydrogen-bond acceptors (Lipinski definition) is 3. The van der Waals surface area contributed by atoms with Gasteiger partial charge in [0.05, 0.1) is 23.9 Å². The fraction of sp³-hybridized carbons (Fsp3) is 0.125. The van der Waals surface area contributed by atoms with Crippen LogP contribution >= 0.6 is 15.9 Å². The first-order valence-electron chi connectivity index (χ1n) is 6.79. The van der Waals surface area contributed by atoms with E-state index in [4.69, 9.17) is 10.5 Å². The monoisotopic (exact) mass is 416 g/mol. The topological polar surface area (TPSA) is 81.4 Å². The number of carbonyl (C=O) groups is 2. The predicted molar refractivity (Wildman–Crippen MR) is 88.6 cm³/mol. The van der Waals surface area contributed by atoms with Gasteiger partial charge in [0, 0.05) is 10.0 Å². The number of methoxy groups -OCH3 is 1. The summed E-state index contributed by atoms with van der Waals surface area (Å²) in [6.45, 7) is 0. The van der Waals surface area contributed by atoms with Gasteiger partial charge in [-0.25, -0.2) is 0 Å². The molecule has 0 heterocycles. The molecule has 3 N–H and O–H groups in total. The third-order valence-electron chi connectivity index (χ3n) is 3.27. The molecule has 0 aliphatic rings. The third kappa shape index (κ3) is 4.30. The van der Waals surface area contributed by atoms with Gasteiger partial charge < -0.3 is 15.8 Å². The SMILES string of the molecule is COc1ccc(C(N)=O)cc1C(=O)Nc1ccc(C(F)(F)F)cc1Br. The molecule has 0 spiro atoms. The molecule has 132 valence electrons. The van der Waals surface area contributed by atoms with Gasteiger partial charge in [0.15, 0.2) is 0 Å². The van der Waals surface area contributed by atoms with Gasteiger partial charge >= 0.3 is 6.18 Å². The van der Waals surface area contributed by atoms with E-state index < -0.39 is 23.6 Å². The first-order valence-corrected chi connectivity index (χ1v) is 7.58. The third-order valence-corrected chi connectivity index (χ3v) is 3.93. The Morgan fingerprint density at radius 2 is 1.84 bits per heavy atom. The molecule has 0 unspecified atom stereocenters. The number of primary amides is 1. The smallest absolute Gasteiger partial charge is 0.416 e. The van der Waals surface area contributed by atoms with Crippen molar-refractivity contribution in [1.29, 1.82) is 0 Å². The summed E-state index contributed by atoms with van der Waals surface area (Å²) < 4.78 is 43.1. The van der Waals surface area contributed by atoms with Gasteiger partial charge in [0.2, 0.25) is 5.91 Å². The van der Waals surface area contributed by atoms with E-state index in [2.05, 4.69) is 21.2 Å². The maximum atomic E-state index is 12.7. The second-order valence-corrected chi connectivity index (χ2v) is 5.78. The molecule has 0 aliphatic carbocycles. The lowest BCUT2D eigenvalue weighted by Crippen LogP contribution is -2.17. The Hall–Kier alpha value is -2.55. The van der Waals surface area contributed by atoms with Crippen LogP contribution in [0.2, 0.25) is 0 Å². The van der Waals surface area contributed by atoms with Crippen molar-refractivity contribution in [2.75, 3.05) is 12.4 Å². The first-order chi connectivity index (χ1) is 11.6. The fourth-order valence-electron chi connectivity index (χ4n) is 2.02. The van der Waals surface area contributed by atoms with Crippen LogP contribution in [0.5, 0.6) is 5.75 Å². The summed E-state index contributed by atoms with van der Waals surface area (Å²) >= 11 is 2.99. The van der Waals surface area contributed by atoms with Crippen LogP contribution in [-0.4, -0.2) is 18.9 Å². The normalized spacial score (nSPS) is 11.1. The summed E-state index contributed by atoms with van der Waals surface area (Å²) in [5, 5.41) is 2.46. The molecule has 5 nitrogen and oxygen atoms in total. The van der Waals surface area contributed by atoms with Crippen LogP contribution in [0.3, 0.4) is 0 Å². The highest BCUT2D eigenvalue weighted by atomic mass is 79.9. The molecule has 2 amide bonds. The molecule has 0 atom stereocenters. The van der Waals surface area contributed by atoms with E-state index >= 15 is 0 Å². The highest BCUT2D eigenvalue weighted by Crippen LogP contribution is 2.34. The highest BCUT2D eigenvalue weighted by Gasteiger charge is 2.31. The lowest BCUT2D eigenvalue weighted by atomic mass is 10.1. The Morgan fingerprint density at radius 3 is 2.36 bits per heavy atom. The van der Waals surface area contributed by atoms with E-state index in [0.29, 0.717) is 0 Å². The van der Waals surface area contributed by atoms with Gasteiger partial charge in [-0.2, -0.15) is 13.2 Å². The largest absolute Gasteiger partial charge is 0.496 e. The van der Waals surface area contributed by atoms with Crippen LogP contribution in [0.1, 0.15) is 26.3 Å². The van der Waals surface area contributed by atoms with E-state index in [1.54, 1.807) is 0 Å². The van der Waals surface area contributed by atoms with Gasteiger partial charge in [-0.15, -0.1) is 0 Å². The van der Waals surface area contributed by atoms with Crippen molar-refractivity contribution in [2.45, 2.75) is 6.18 Å². The summed E-state index contributed by atoms with van der Waals surface area (Å²) in [5.41, 5.74) is 4.57. The lowest BCUT2D eigenvalue weighted by Gasteiger charge is -2.13. The maximum Gasteiger partial charge on any atom is 0.416 e. The number of alkyl halides is 3. The molecule has 0 saturated carbocycles. The second-order valence-electron chi connectivity index (χ2n) is 4.93. The zero-order valence-electron chi connectivity index (χ0n) is 12.8. The van der Waals surface area contributed by atoms with Crippen LogP contribution in [0, 0.1) is 0 Å². The minimum Gasteiger partial charge on any atom is -0.496 e. The minimum absolute atomic E-state index is 0.0191. The predicted octanol–water partition coefficient (Wildman–Crippen LogP) is 3.83. The molecule has 0 radical (unpaired) electrons. The van der Waals surface area contributed by atoms with Crippen molar-refractivity contribution in [3.8, 4) is 5.75 Å². The van der Waals surface area contributed by atoms with Gasteiger partial charge in [-0.05, 0) is 52.3 Å². The maximum absolute atomic E-state index is 12.7. The summed E-state index contributed by atoms with van der Waals surface area (Å²) in [5.74, 6) is -1.21. The number of ether oxygens (including phenoxy) is 1. The van der Waals surface area contributed by atoms with Crippen molar-refractivity contribution in [1.82, 2.24) is 0 Å². The summed E-state index contributed by atoms with van der Waals surface area (Å²) in [7, 11) is 1.34. The number of amides is 2. The summed E-state index contributed by atoms with van der Waals surface area (Å²) in [6.07, 6.45) is -4.50. The van der Waals surface area contributed by atoms with Crippen LogP contribution in [0.4, 0.5) is 18.9 Å². The molecular formula is C16H12BrF3N2O3. The van der Waals surface area contributed by atoms with Crippen LogP contribution < -0.4 is 15.8 Å². The number of rotatable bonds is 4. The molecule has 2 aromatic rings. The van der Waals surface area contributed by atoms with Crippen molar-refractivity contribution in [2.24, 2.45) is 5.73 Å². The highest BCUT2D eigenvalue weighted by molar-refractivity contribution is 9.10. The number of benzene rings is 2. The Morgan fingerprint density at radius 1 is 1.16 bits per heavy atom. The summed E-state index contributed by atoms with van der Waals surface area (Å²) in [4.78, 5) is 23.7. The zero-order chi connectivity index (χ0) is 18.8. The quantitative estimate of drug-likeness (QED) is 0.794. The van der Waals surface area contributed by atoms with E-state index in [-0.39, 0.29) is 27.0 Å². The standard InChI is InChI=1S/C16H12BrF3N2O3/c1-25-13-5-2-8(14(21)23)6-10(13)15(24)22-12-4-3-9(7-11(12)17)16(18,19)20/h2-7H,1H3,(H2,21,23)(H,22,24). The first kappa shape index (κ1) is 18.8. The van der Waals surface area contributed by atoms with Crippen molar-refractivity contribution >= 4 is 33.4 Å². The van der Waals surface area contributed by atoms with E-state index in [9.17, 15) is 22.8 Å². The minimum atomic E-state index is -4.50.